The van der Waals surface area contributed by atoms with Crippen molar-refractivity contribution < 1.29 is 4.74 Å². The Morgan fingerprint density at radius 1 is 1.21 bits per heavy atom. The predicted octanol–water partition coefficient (Wildman–Crippen LogP) is 3.80. The molecule has 0 bridgehead atoms. The Labute approximate surface area is 117 Å². The standard InChI is InChI=1S/C17H27NO/c1-3-15-7-9-17(10-8-15)19-12-11-18-16-6-4-5-14(2)13-16/h7-10,14,16,18H,3-6,11-13H2,1-2H3. The van der Waals surface area contributed by atoms with Crippen molar-refractivity contribution in [1.29, 1.82) is 0 Å². The minimum atomic E-state index is 0.704. The maximum atomic E-state index is 5.76. The molecular formula is C17H27NO. The van der Waals surface area contributed by atoms with Gasteiger partial charge in [0.1, 0.15) is 12.4 Å². The van der Waals surface area contributed by atoms with Gasteiger partial charge in [0.05, 0.1) is 0 Å². The summed E-state index contributed by atoms with van der Waals surface area (Å²) in [6.07, 6.45) is 6.51. The first-order valence-electron chi connectivity index (χ1n) is 7.73. The molecule has 2 heteroatoms. The lowest BCUT2D eigenvalue weighted by atomic mass is 9.87. The topological polar surface area (TPSA) is 21.3 Å². The summed E-state index contributed by atoms with van der Waals surface area (Å²) < 4.78 is 5.76. The van der Waals surface area contributed by atoms with Gasteiger partial charge >= 0.3 is 0 Å². The highest BCUT2D eigenvalue weighted by Crippen LogP contribution is 2.23. The molecule has 1 aliphatic carbocycles. The molecule has 2 unspecified atom stereocenters. The summed E-state index contributed by atoms with van der Waals surface area (Å²) in [6, 6.07) is 9.13. The molecule has 2 atom stereocenters. The van der Waals surface area contributed by atoms with Gasteiger partial charge in [-0.15, -0.1) is 0 Å². The van der Waals surface area contributed by atoms with E-state index in [0.29, 0.717) is 6.04 Å². The van der Waals surface area contributed by atoms with Gasteiger partial charge in [-0.1, -0.05) is 38.8 Å². The van der Waals surface area contributed by atoms with Crippen LogP contribution in [0.5, 0.6) is 5.75 Å². The summed E-state index contributed by atoms with van der Waals surface area (Å²) in [7, 11) is 0. The molecule has 0 saturated heterocycles. The first-order valence-corrected chi connectivity index (χ1v) is 7.73. The number of ether oxygens (including phenoxy) is 1. The predicted molar refractivity (Wildman–Crippen MR) is 80.7 cm³/mol. The lowest BCUT2D eigenvalue weighted by Gasteiger charge is -2.27. The first-order chi connectivity index (χ1) is 9.28. The van der Waals surface area contributed by atoms with Crippen molar-refractivity contribution >= 4 is 0 Å². The molecule has 1 fully saturated rings. The van der Waals surface area contributed by atoms with Gasteiger partial charge in [-0.05, 0) is 42.9 Å². The van der Waals surface area contributed by atoms with Crippen LogP contribution in [-0.4, -0.2) is 19.2 Å². The van der Waals surface area contributed by atoms with E-state index >= 15 is 0 Å². The van der Waals surface area contributed by atoms with Gasteiger partial charge in [0.15, 0.2) is 0 Å². The molecule has 2 rings (SSSR count). The third-order valence-electron chi connectivity index (χ3n) is 4.07. The molecule has 0 spiro atoms. The highest BCUT2D eigenvalue weighted by Gasteiger charge is 2.17. The van der Waals surface area contributed by atoms with Crippen LogP contribution in [0.4, 0.5) is 0 Å². The number of hydrogen-bond donors (Lipinski definition) is 1. The van der Waals surface area contributed by atoms with E-state index in [1.54, 1.807) is 0 Å². The lowest BCUT2D eigenvalue weighted by Crippen LogP contribution is -2.36. The zero-order valence-electron chi connectivity index (χ0n) is 12.3. The molecule has 0 heterocycles. The first kappa shape index (κ1) is 14.4. The Bertz CT molecular complexity index is 360. The molecule has 106 valence electrons. The highest BCUT2D eigenvalue weighted by atomic mass is 16.5. The van der Waals surface area contributed by atoms with Crippen molar-refractivity contribution in [2.45, 2.75) is 52.0 Å². The maximum Gasteiger partial charge on any atom is 0.119 e. The largest absolute Gasteiger partial charge is 0.492 e. The number of hydrogen-bond acceptors (Lipinski definition) is 2. The summed E-state index contributed by atoms with van der Waals surface area (Å²) in [6.45, 7) is 6.24. The van der Waals surface area contributed by atoms with Crippen LogP contribution in [0, 0.1) is 5.92 Å². The molecule has 1 aromatic rings. The summed E-state index contributed by atoms with van der Waals surface area (Å²) in [5, 5.41) is 3.62. The average molecular weight is 261 g/mol. The van der Waals surface area contributed by atoms with Crippen LogP contribution in [0.1, 0.15) is 45.1 Å². The SMILES string of the molecule is CCc1ccc(OCCNC2CCCC(C)C2)cc1. The van der Waals surface area contributed by atoms with Gasteiger partial charge < -0.3 is 10.1 Å². The van der Waals surface area contributed by atoms with Crippen molar-refractivity contribution in [1.82, 2.24) is 5.32 Å². The Hall–Kier alpha value is -1.02. The van der Waals surface area contributed by atoms with E-state index in [9.17, 15) is 0 Å². The van der Waals surface area contributed by atoms with Crippen LogP contribution < -0.4 is 10.1 Å². The Morgan fingerprint density at radius 2 is 2.00 bits per heavy atom. The number of rotatable bonds is 6. The Kier molecular flexibility index (Phi) is 5.71. The third kappa shape index (κ3) is 4.87. The molecular weight excluding hydrogens is 234 g/mol. The number of nitrogens with one attached hydrogen (secondary N) is 1. The fourth-order valence-electron chi connectivity index (χ4n) is 2.87. The molecule has 0 radical (unpaired) electrons. The summed E-state index contributed by atoms with van der Waals surface area (Å²) >= 11 is 0. The number of benzene rings is 1. The molecule has 1 saturated carbocycles. The van der Waals surface area contributed by atoms with Crippen LogP contribution in [0.2, 0.25) is 0 Å². The van der Waals surface area contributed by atoms with Gasteiger partial charge in [0, 0.05) is 12.6 Å². The van der Waals surface area contributed by atoms with E-state index in [1.165, 1.54) is 31.2 Å². The molecule has 1 N–H and O–H groups in total. The molecule has 0 amide bonds. The minimum Gasteiger partial charge on any atom is -0.492 e. The Morgan fingerprint density at radius 3 is 2.68 bits per heavy atom. The van der Waals surface area contributed by atoms with Gasteiger partial charge in [0.2, 0.25) is 0 Å². The fraction of sp³-hybridized carbons (Fsp3) is 0.647. The van der Waals surface area contributed by atoms with Gasteiger partial charge in [0.25, 0.3) is 0 Å². The minimum absolute atomic E-state index is 0.704. The van der Waals surface area contributed by atoms with E-state index in [-0.39, 0.29) is 0 Å². The average Bonchev–Trinajstić information content (AvgIpc) is 2.44. The monoisotopic (exact) mass is 261 g/mol. The van der Waals surface area contributed by atoms with Crippen molar-refractivity contribution in [2.24, 2.45) is 5.92 Å². The Balaban J connectivity index is 1.63. The zero-order valence-corrected chi connectivity index (χ0v) is 12.3. The van der Waals surface area contributed by atoms with Crippen LogP contribution in [0.25, 0.3) is 0 Å². The number of aryl methyl sites for hydroxylation is 1. The van der Waals surface area contributed by atoms with Crippen molar-refractivity contribution in [3.63, 3.8) is 0 Å². The fourth-order valence-corrected chi connectivity index (χ4v) is 2.87. The smallest absolute Gasteiger partial charge is 0.119 e. The van der Waals surface area contributed by atoms with Crippen LogP contribution in [-0.2, 0) is 6.42 Å². The van der Waals surface area contributed by atoms with Crippen molar-refractivity contribution in [3.05, 3.63) is 29.8 Å². The molecule has 1 aliphatic rings. The van der Waals surface area contributed by atoms with Gasteiger partial charge in [-0.25, -0.2) is 0 Å². The second-order valence-electron chi connectivity index (χ2n) is 5.77. The zero-order chi connectivity index (χ0) is 13.5. The van der Waals surface area contributed by atoms with Gasteiger partial charge in [-0.2, -0.15) is 0 Å². The van der Waals surface area contributed by atoms with Crippen LogP contribution >= 0.6 is 0 Å². The highest BCUT2D eigenvalue weighted by molar-refractivity contribution is 5.27. The lowest BCUT2D eigenvalue weighted by molar-refractivity contribution is 0.266. The molecule has 0 aliphatic heterocycles. The third-order valence-corrected chi connectivity index (χ3v) is 4.07. The van der Waals surface area contributed by atoms with E-state index in [2.05, 4.69) is 43.4 Å². The van der Waals surface area contributed by atoms with Crippen molar-refractivity contribution in [3.8, 4) is 5.75 Å². The van der Waals surface area contributed by atoms with E-state index in [0.717, 1.165) is 31.2 Å². The second-order valence-corrected chi connectivity index (χ2v) is 5.77. The normalized spacial score (nSPS) is 23.3. The molecule has 0 aromatic heterocycles. The molecule has 2 nitrogen and oxygen atoms in total. The maximum absolute atomic E-state index is 5.76. The quantitative estimate of drug-likeness (QED) is 0.787. The van der Waals surface area contributed by atoms with Crippen LogP contribution in [0.3, 0.4) is 0 Å². The molecule has 19 heavy (non-hydrogen) atoms. The summed E-state index contributed by atoms with van der Waals surface area (Å²) in [4.78, 5) is 0. The van der Waals surface area contributed by atoms with Crippen LogP contribution in [0.15, 0.2) is 24.3 Å². The van der Waals surface area contributed by atoms with E-state index in [1.807, 2.05) is 0 Å². The van der Waals surface area contributed by atoms with Crippen molar-refractivity contribution in [2.75, 3.05) is 13.2 Å². The van der Waals surface area contributed by atoms with Gasteiger partial charge in [-0.3, -0.25) is 0 Å². The van der Waals surface area contributed by atoms with E-state index in [4.69, 9.17) is 4.74 Å². The summed E-state index contributed by atoms with van der Waals surface area (Å²) in [5.74, 6) is 1.87. The summed E-state index contributed by atoms with van der Waals surface area (Å²) in [5.41, 5.74) is 1.36. The second kappa shape index (κ2) is 7.54. The van der Waals surface area contributed by atoms with E-state index < -0.39 is 0 Å². The molecule has 1 aromatic carbocycles.